The summed E-state index contributed by atoms with van der Waals surface area (Å²) >= 11 is 0. The van der Waals surface area contributed by atoms with Gasteiger partial charge < -0.3 is 25.5 Å². The van der Waals surface area contributed by atoms with Crippen LogP contribution in [0.2, 0.25) is 0 Å². The molecule has 0 amide bonds. The largest absolute Gasteiger partial charge is 0.478 e. The van der Waals surface area contributed by atoms with Crippen molar-refractivity contribution in [2.75, 3.05) is 13.2 Å². The van der Waals surface area contributed by atoms with E-state index in [1.54, 1.807) is 6.92 Å². The second kappa shape index (κ2) is 18.0. The molecule has 0 saturated carbocycles. The van der Waals surface area contributed by atoms with E-state index in [1.165, 1.54) is 0 Å². The van der Waals surface area contributed by atoms with Gasteiger partial charge in [0.05, 0.1) is 13.2 Å². The fourth-order valence-corrected chi connectivity index (χ4v) is 0. The Morgan fingerprint density at radius 2 is 1.57 bits per heavy atom. The Morgan fingerprint density at radius 1 is 1.36 bits per heavy atom. The summed E-state index contributed by atoms with van der Waals surface area (Å²) in [6.07, 6.45) is 0.134. The Kier molecular flexibility index (Phi) is 24.1. The van der Waals surface area contributed by atoms with Gasteiger partial charge in [0.25, 0.3) is 0 Å². The second-order valence-corrected chi connectivity index (χ2v) is 1.88. The van der Waals surface area contributed by atoms with E-state index >= 15 is 0 Å². The van der Waals surface area contributed by atoms with Gasteiger partial charge in [0.1, 0.15) is 0 Å². The number of aliphatic hydroxyl groups is 4. The SMILES string of the molecule is C=CC(=O)O.CCC(O)O.OCCO. The van der Waals surface area contributed by atoms with Gasteiger partial charge in [0.15, 0.2) is 6.29 Å². The lowest BCUT2D eigenvalue weighted by Gasteiger charge is -1.90. The summed E-state index contributed by atoms with van der Waals surface area (Å²) < 4.78 is 0. The molecule has 0 radical (unpaired) electrons. The Labute approximate surface area is 82.7 Å². The maximum atomic E-state index is 9.25. The molecule has 0 aliphatic carbocycles. The first-order valence-corrected chi connectivity index (χ1v) is 3.89. The van der Waals surface area contributed by atoms with Crippen molar-refractivity contribution in [1.82, 2.24) is 0 Å². The molecule has 0 rings (SSSR count). The molecule has 0 fully saturated rings. The lowest BCUT2D eigenvalue weighted by molar-refractivity contribution is -0.131. The molecule has 6 heteroatoms. The lowest BCUT2D eigenvalue weighted by atomic mass is 10.5. The monoisotopic (exact) mass is 210 g/mol. The predicted molar refractivity (Wildman–Crippen MR) is 50.5 cm³/mol. The third kappa shape index (κ3) is 68.0. The average Bonchev–Trinajstić information content (AvgIpc) is 2.19. The summed E-state index contributed by atoms with van der Waals surface area (Å²) in [6.45, 7) is 4.41. The van der Waals surface area contributed by atoms with Gasteiger partial charge in [-0.2, -0.15) is 0 Å². The highest BCUT2D eigenvalue weighted by atomic mass is 16.5. The van der Waals surface area contributed by atoms with Crippen molar-refractivity contribution in [2.24, 2.45) is 0 Å². The minimum Gasteiger partial charge on any atom is -0.478 e. The summed E-state index contributed by atoms with van der Waals surface area (Å²) in [4.78, 5) is 9.25. The van der Waals surface area contributed by atoms with Crippen molar-refractivity contribution in [2.45, 2.75) is 19.6 Å². The summed E-state index contributed by atoms with van der Waals surface area (Å²) in [6, 6.07) is 0. The van der Waals surface area contributed by atoms with Crippen molar-refractivity contribution in [3.05, 3.63) is 12.7 Å². The van der Waals surface area contributed by atoms with E-state index in [0.29, 0.717) is 6.42 Å². The number of carbonyl (C=O) groups is 1. The van der Waals surface area contributed by atoms with Gasteiger partial charge in [0, 0.05) is 6.08 Å². The fourth-order valence-electron chi connectivity index (χ4n) is 0. The summed E-state index contributed by atoms with van der Waals surface area (Å²) in [5.41, 5.74) is 0. The Balaban J connectivity index is -0.000000131. The molecule has 0 aromatic carbocycles. The molecular formula is C8H18O6. The highest BCUT2D eigenvalue weighted by Gasteiger charge is 1.83. The van der Waals surface area contributed by atoms with Crippen LogP contribution in [0.3, 0.4) is 0 Å². The van der Waals surface area contributed by atoms with Crippen LogP contribution in [0.25, 0.3) is 0 Å². The van der Waals surface area contributed by atoms with Gasteiger partial charge in [-0.15, -0.1) is 0 Å². The molecule has 0 spiro atoms. The molecular weight excluding hydrogens is 192 g/mol. The topological polar surface area (TPSA) is 118 Å². The van der Waals surface area contributed by atoms with Crippen molar-refractivity contribution < 1.29 is 30.3 Å². The van der Waals surface area contributed by atoms with Crippen molar-refractivity contribution >= 4 is 5.97 Å². The normalized spacial score (nSPS) is 7.86. The third-order valence-electron chi connectivity index (χ3n) is 0.640. The molecule has 0 heterocycles. The highest BCUT2D eigenvalue weighted by Crippen LogP contribution is 1.77. The van der Waals surface area contributed by atoms with Crippen LogP contribution in [0, 0.1) is 0 Å². The molecule has 6 nitrogen and oxygen atoms in total. The average molecular weight is 210 g/mol. The fraction of sp³-hybridized carbons (Fsp3) is 0.625. The smallest absolute Gasteiger partial charge is 0.327 e. The van der Waals surface area contributed by atoms with E-state index in [0.717, 1.165) is 6.08 Å². The maximum absolute atomic E-state index is 9.25. The second-order valence-electron chi connectivity index (χ2n) is 1.88. The molecule has 0 aromatic rings. The number of aliphatic hydroxyl groups excluding tert-OH is 3. The molecule has 86 valence electrons. The molecule has 0 aromatic heterocycles. The van der Waals surface area contributed by atoms with Gasteiger partial charge >= 0.3 is 5.97 Å². The summed E-state index contributed by atoms with van der Waals surface area (Å²) in [5, 5.41) is 38.7. The van der Waals surface area contributed by atoms with E-state index in [1.807, 2.05) is 0 Å². The number of hydrogen-bond donors (Lipinski definition) is 5. The molecule has 5 N–H and O–H groups in total. The van der Waals surface area contributed by atoms with E-state index in [9.17, 15) is 4.79 Å². The number of aliphatic carboxylic acids is 1. The Hall–Kier alpha value is -0.950. The number of carboxylic acids is 1. The van der Waals surface area contributed by atoms with E-state index in [2.05, 4.69) is 6.58 Å². The van der Waals surface area contributed by atoms with Gasteiger partial charge in [-0.05, 0) is 6.42 Å². The van der Waals surface area contributed by atoms with E-state index in [-0.39, 0.29) is 13.2 Å². The van der Waals surface area contributed by atoms with E-state index in [4.69, 9.17) is 25.5 Å². The van der Waals surface area contributed by atoms with Gasteiger partial charge in [-0.25, -0.2) is 4.79 Å². The van der Waals surface area contributed by atoms with Crippen molar-refractivity contribution in [3.8, 4) is 0 Å². The minimum absolute atomic E-state index is 0.125. The van der Waals surface area contributed by atoms with Crippen LogP contribution in [0.15, 0.2) is 12.7 Å². The predicted octanol–water partition coefficient (Wildman–Crippen LogP) is -1.06. The molecule has 0 aliphatic rings. The zero-order chi connectivity index (χ0) is 12.0. The number of rotatable bonds is 3. The van der Waals surface area contributed by atoms with Crippen LogP contribution in [0.5, 0.6) is 0 Å². The van der Waals surface area contributed by atoms with Gasteiger partial charge in [-0.1, -0.05) is 13.5 Å². The zero-order valence-electron chi connectivity index (χ0n) is 8.13. The van der Waals surface area contributed by atoms with Crippen molar-refractivity contribution in [3.63, 3.8) is 0 Å². The first-order valence-electron chi connectivity index (χ1n) is 3.89. The molecule has 14 heavy (non-hydrogen) atoms. The van der Waals surface area contributed by atoms with Crippen LogP contribution in [-0.2, 0) is 4.79 Å². The minimum atomic E-state index is -1.12. The van der Waals surface area contributed by atoms with Crippen LogP contribution >= 0.6 is 0 Å². The van der Waals surface area contributed by atoms with Gasteiger partial charge in [-0.3, -0.25) is 0 Å². The standard InChI is InChI=1S/C3H8O2.C3H4O2.C2H6O2/c2*1-2-3(4)5;3-1-2-4/h3-5H,2H2,1H3;2H,1H2,(H,4,5);3-4H,1-2H2. The molecule has 0 saturated heterocycles. The van der Waals surface area contributed by atoms with Crippen LogP contribution in [0.1, 0.15) is 13.3 Å². The highest BCUT2D eigenvalue weighted by molar-refractivity contribution is 5.78. The summed E-state index contributed by atoms with van der Waals surface area (Å²) in [7, 11) is 0. The first kappa shape index (κ1) is 18.8. The van der Waals surface area contributed by atoms with E-state index < -0.39 is 12.3 Å². The van der Waals surface area contributed by atoms with Gasteiger partial charge in [0.2, 0.25) is 0 Å². The molecule has 0 aliphatic heterocycles. The quantitative estimate of drug-likeness (QED) is 0.299. The van der Waals surface area contributed by atoms with Crippen LogP contribution in [-0.4, -0.2) is 51.0 Å². The number of hydrogen-bond acceptors (Lipinski definition) is 5. The Bertz CT molecular complexity index is 121. The Morgan fingerprint density at radius 3 is 1.57 bits per heavy atom. The number of carboxylic acid groups (broad SMARTS) is 1. The lowest BCUT2D eigenvalue weighted by Crippen LogP contribution is -1.99. The zero-order valence-corrected chi connectivity index (χ0v) is 8.13. The molecule has 0 unspecified atom stereocenters. The molecule has 0 bridgehead atoms. The van der Waals surface area contributed by atoms with Crippen LogP contribution in [0.4, 0.5) is 0 Å². The van der Waals surface area contributed by atoms with Crippen molar-refractivity contribution in [1.29, 1.82) is 0 Å². The maximum Gasteiger partial charge on any atom is 0.327 e. The third-order valence-corrected chi connectivity index (χ3v) is 0.640. The van der Waals surface area contributed by atoms with Crippen LogP contribution < -0.4 is 0 Å². The first-order chi connectivity index (χ1) is 6.45. The summed E-state index contributed by atoms with van der Waals surface area (Å²) in [5.74, 6) is -0.981. The molecule has 0 atom stereocenters.